The van der Waals surface area contributed by atoms with Gasteiger partial charge in [-0.05, 0) is 49.1 Å². The third-order valence-electron chi connectivity index (χ3n) is 4.86. The summed E-state index contributed by atoms with van der Waals surface area (Å²) in [5.41, 5.74) is 5.03. The number of hydrogen-bond donors (Lipinski definition) is 0. The van der Waals surface area contributed by atoms with Crippen LogP contribution in [-0.4, -0.2) is 34.6 Å². The molecule has 124 valence electrons. The summed E-state index contributed by atoms with van der Waals surface area (Å²) in [4.78, 5) is 4.23. The molecule has 0 spiro atoms. The van der Waals surface area contributed by atoms with Crippen LogP contribution in [0, 0.1) is 6.92 Å². The van der Waals surface area contributed by atoms with Crippen LogP contribution >= 0.6 is 0 Å². The summed E-state index contributed by atoms with van der Waals surface area (Å²) in [7, 11) is 1.96. The Balaban J connectivity index is 1.48. The molecule has 7 nitrogen and oxygen atoms in total. The fourth-order valence-electron chi connectivity index (χ4n) is 3.43. The number of nitrogens with zero attached hydrogens (tertiary/aromatic N) is 7. The summed E-state index contributed by atoms with van der Waals surface area (Å²) in [6.45, 7) is 1.90. The van der Waals surface area contributed by atoms with Crippen molar-refractivity contribution in [1.82, 2.24) is 34.6 Å². The molecule has 1 saturated carbocycles. The van der Waals surface area contributed by atoms with Gasteiger partial charge in [-0.1, -0.05) is 6.07 Å². The monoisotopic (exact) mass is 331 g/mol. The molecule has 2 unspecified atom stereocenters. The van der Waals surface area contributed by atoms with Gasteiger partial charge in [0.05, 0.1) is 11.4 Å². The van der Waals surface area contributed by atoms with Crippen LogP contribution in [0.25, 0.3) is 17.0 Å². The van der Waals surface area contributed by atoms with Crippen molar-refractivity contribution in [2.75, 3.05) is 0 Å². The Bertz CT molecular complexity index is 1060. The Morgan fingerprint density at radius 1 is 1.08 bits per heavy atom. The van der Waals surface area contributed by atoms with Crippen LogP contribution < -0.4 is 0 Å². The number of hydrogen-bond acceptors (Lipinski definition) is 5. The fourth-order valence-corrected chi connectivity index (χ4v) is 3.43. The van der Waals surface area contributed by atoms with Gasteiger partial charge in [-0.3, -0.25) is 9.67 Å². The Labute approximate surface area is 144 Å². The normalized spacial score (nSPS) is 19.4. The van der Waals surface area contributed by atoms with E-state index in [1.807, 2.05) is 49.2 Å². The van der Waals surface area contributed by atoms with Crippen molar-refractivity contribution in [3.63, 3.8) is 0 Å². The first-order valence-corrected chi connectivity index (χ1v) is 8.34. The molecule has 0 amide bonds. The van der Waals surface area contributed by atoms with E-state index in [2.05, 4.69) is 32.4 Å². The van der Waals surface area contributed by atoms with Gasteiger partial charge in [0, 0.05) is 25.4 Å². The molecule has 1 aliphatic carbocycles. The predicted molar refractivity (Wildman–Crippen MR) is 92.1 cm³/mol. The highest BCUT2D eigenvalue weighted by Crippen LogP contribution is 2.54. The second-order valence-electron chi connectivity index (χ2n) is 6.55. The summed E-state index contributed by atoms with van der Waals surface area (Å²) in [5.74, 6) is 1.76. The maximum Gasteiger partial charge on any atom is 0.177 e. The highest BCUT2D eigenvalue weighted by atomic mass is 15.4. The van der Waals surface area contributed by atoms with E-state index in [9.17, 15) is 0 Å². The van der Waals surface area contributed by atoms with Gasteiger partial charge in [0.15, 0.2) is 11.5 Å². The van der Waals surface area contributed by atoms with E-state index in [1.165, 1.54) is 5.56 Å². The largest absolute Gasteiger partial charge is 0.266 e. The zero-order valence-electron chi connectivity index (χ0n) is 14.0. The molecule has 0 bridgehead atoms. The van der Waals surface area contributed by atoms with Gasteiger partial charge in [0.25, 0.3) is 0 Å². The van der Waals surface area contributed by atoms with Gasteiger partial charge < -0.3 is 0 Å². The van der Waals surface area contributed by atoms with Crippen molar-refractivity contribution in [2.24, 2.45) is 7.05 Å². The lowest BCUT2D eigenvalue weighted by molar-refractivity contribution is 0.741. The van der Waals surface area contributed by atoms with E-state index in [1.54, 1.807) is 4.52 Å². The third kappa shape index (κ3) is 2.31. The molecule has 7 heteroatoms. The number of aromatic nitrogens is 7. The van der Waals surface area contributed by atoms with E-state index in [0.717, 1.165) is 35.0 Å². The molecule has 4 aromatic heterocycles. The summed E-state index contributed by atoms with van der Waals surface area (Å²) < 4.78 is 3.67. The molecule has 4 heterocycles. The van der Waals surface area contributed by atoms with Crippen LogP contribution in [0.2, 0.25) is 0 Å². The maximum absolute atomic E-state index is 4.73. The molecular formula is C18H17N7. The molecule has 0 aromatic carbocycles. The quantitative estimate of drug-likeness (QED) is 0.577. The van der Waals surface area contributed by atoms with Gasteiger partial charge in [0.1, 0.15) is 5.69 Å². The summed E-state index contributed by atoms with van der Waals surface area (Å²) in [6, 6.07) is 10.2. The minimum Gasteiger partial charge on any atom is -0.266 e. The van der Waals surface area contributed by atoms with Crippen molar-refractivity contribution in [1.29, 1.82) is 0 Å². The lowest BCUT2D eigenvalue weighted by atomic mass is 10.1. The average Bonchev–Trinajstić information content (AvgIpc) is 3.23. The van der Waals surface area contributed by atoms with Crippen molar-refractivity contribution >= 4 is 5.65 Å². The van der Waals surface area contributed by atoms with E-state index in [4.69, 9.17) is 5.10 Å². The Hall–Kier alpha value is -3.09. The van der Waals surface area contributed by atoms with Gasteiger partial charge in [-0.25, -0.2) is 0 Å². The minimum atomic E-state index is 0.463. The molecule has 1 fully saturated rings. The lowest BCUT2D eigenvalue weighted by Gasteiger charge is -2.01. The fraction of sp³-hybridized carbons (Fsp3) is 0.278. The Morgan fingerprint density at radius 3 is 2.84 bits per heavy atom. The number of pyridine rings is 1. The first-order chi connectivity index (χ1) is 12.2. The minimum absolute atomic E-state index is 0.463. The average molecular weight is 331 g/mol. The Morgan fingerprint density at radius 2 is 2.00 bits per heavy atom. The molecular weight excluding hydrogens is 314 g/mol. The second kappa shape index (κ2) is 5.20. The van der Waals surface area contributed by atoms with Gasteiger partial charge in [-0.15, -0.1) is 10.2 Å². The van der Waals surface area contributed by atoms with Crippen LogP contribution in [0.3, 0.4) is 0 Å². The van der Waals surface area contributed by atoms with Gasteiger partial charge in [-0.2, -0.15) is 14.7 Å². The smallest absolute Gasteiger partial charge is 0.177 e. The summed E-state index contributed by atoms with van der Waals surface area (Å²) >= 11 is 0. The van der Waals surface area contributed by atoms with Crippen molar-refractivity contribution < 1.29 is 0 Å². The zero-order valence-corrected chi connectivity index (χ0v) is 14.0. The SMILES string of the molecule is Cc1nnc2ccc(-c3cc(C4CC4c4cccnc4)nn3C)nn12. The molecule has 4 aromatic rings. The highest BCUT2D eigenvalue weighted by molar-refractivity contribution is 5.57. The highest BCUT2D eigenvalue weighted by Gasteiger charge is 2.41. The number of aryl methyl sites for hydroxylation is 2. The Kier molecular flexibility index (Phi) is 2.97. The number of fused-ring (bicyclic) bond motifs is 1. The second-order valence-corrected chi connectivity index (χ2v) is 6.55. The van der Waals surface area contributed by atoms with E-state index in [-0.39, 0.29) is 0 Å². The molecule has 25 heavy (non-hydrogen) atoms. The van der Waals surface area contributed by atoms with Crippen LogP contribution in [-0.2, 0) is 7.05 Å². The van der Waals surface area contributed by atoms with Gasteiger partial charge in [0.2, 0.25) is 0 Å². The topological polar surface area (TPSA) is 73.8 Å². The first kappa shape index (κ1) is 14.3. The molecule has 0 aliphatic heterocycles. The zero-order chi connectivity index (χ0) is 17.0. The van der Waals surface area contributed by atoms with Crippen LogP contribution in [0.15, 0.2) is 42.7 Å². The van der Waals surface area contributed by atoms with E-state index in [0.29, 0.717) is 11.8 Å². The molecule has 0 N–H and O–H groups in total. The van der Waals surface area contributed by atoms with E-state index >= 15 is 0 Å². The lowest BCUT2D eigenvalue weighted by Crippen LogP contribution is -2.00. The number of rotatable bonds is 3. The van der Waals surface area contributed by atoms with Gasteiger partial charge >= 0.3 is 0 Å². The van der Waals surface area contributed by atoms with Crippen LogP contribution in [0.5, 0.6) is 0 Å². The molecule has 2 atom stereocenters. The molecule has 0 radical (unpaired) electrons. The maximum atomic E-state index is 4.73. The van der Waals surface area contributed by atoms with Crippen LogP contribution in [0.4, 0.5) is 0 Å². The van der Waals surface area contributed by atoms with Crippen LogP contribution in [0.1, 0.15) is 35.3 Å². The summed E-state index contributed by atoms with van der Waals surface area (Å²) in [6.07, 6.45) is 4.90. The van der Waals surface area contributed by atoms with Crippen molar-refractivity contribution in [3.05, 3.63) is 59.8 Å². The molecule has 1 aliphatic rings. The third-order valence-corrected chi connectivity index (χ3v) is 4.86. The molecule has 0 saturated heterocycles. The predicted octanol–water partition coefficient (Wildman–Crippen LogP) is 2.50. The van der Waals surface area contributed by atoms with Crippen molar-refractivity contribution in [2.45, 2.75) is 25.2 Å². The van der Waals surface area contributed by atoms with Crippen molar-refractivity contribution in [3.8, 4) is 11.4 Å². The standard InChI is InChI=1S/C18H17N7/c1-11-20-21-18-6-5-15(23-25(11)18)17-9-16(22-24(17)2)14-8-13(14)12-4-3-7-19-10-12/h3-7,9-10,13-14H,8H2,1-2H3. The molecule has 5 rings (SSSR count). The summed E-state index contributed by atoms with van der Waals surface area (Å²) in [5, 5.41) is 17.5. The van der Waals surface area contributed by atoms with E-state index < -0.39 is 0 Å². The first-order valence-electron chi connectivity index (χ1n) is 8.34.